The fourth-order valence-corrected chi connectivity index (χ4v) is 6.36. The Hall–Kier alpha value is -3.93. The number of ether oxygens (including phenoxy) is 1. The fourth-order valence-electron chi connectivity index (χ4n) is 5.50. The Bertz CT molecular complexity index is 1590. The molecule has 0 spiro atoms. The van der Waals surface area contributed by atoms with E-state index in [1.807, 2.05) is 52.0 Å². The van der Waals surface area contributed by atoms with Crippen molar-refractivity contribution in [2.75, 3.05) is 29.4 Å². The Morgan fingerprint density at radius 3 is 2.77 bits per heavy atom. The van der Waals surface area contributed by atoms with Crippen LogP contribution in [-0.2, 0) is 11.2 Å². The second-order valence-electron chi connectivity index (χ2n) is 11.0. The summed E-state index contributed by atoms with van der Waals surface area (Å²) in [6.07, 6.45) is 2.56. The first-order valence-corrected chi connectivity index (χ1v) is 13.9. The molecule has 1 fully saturated rings. The number of piperidine rings is 1. The molecule has 39 heavy (non-hydrogen) atoms. The molecule has 11 nitrogen and oxygen atoms in total. The number of carbonyl (C=O) groups excluding carboxylic acids is 1. The van der Waals surface area contributed by atoms with Crippen LogP contribution in [0.2, 0.25) is 0 Å². The molecule has 1 aromatic carbocycles. The summed E-state index contributed by atoms with van der Waals surface area (Å²) in [5.41, 5.74) is 2.30. The number of nitrogens with zero attached hydrogens (tertiary/aromatic N) is 7. The molecule has 2 aliphatic rings. The smallest absolute Gasteiger partial charge is 0.420 e. The molecular formula is C27H31N7O4S. The Morgan fingerprint density at radius 2 is 2.00 bits per heavy atom. The first-order valence-electron chi connectivity index (χ1n) is 13.1. The van der Waals surface area contributed by atoms with Crippen LogP contribution in [-0.4, -0.2) is 73.1 Å². The van der Waals surface area contributed by atoms with Crippen LogP contribution in [0.1, 0.15) is 44.2 Å². The van der Waals surface area contributed by atoms with Crippen LogP contribution < -0.4 is 9.80 Å². The van der Waals surface area contributed by atoms with Crippen LogP contribution in [0, 0.1) is 6.92 Å². The Morgan fingerprint density at radius 1 is 1.18 bits per heavy atom. The van der Waals surface area contributed by atoms with E-state index in [9.17, 15) is 14.7 Å². The van der Waals surface area contributed by atoms with E-state index in [1.165, 1.54) is 4.90 Å². The number of carbonyl (C=O) groups is 2. The molecule has 1 N–H and O–H groups in total. The maximum atomic E-state index is 13.9. The van der Waals surface area contributed by atoms with Crippen molar-refractivity contribution in [2.24, 2.45) is 0 Å². The molecule has 204 valence electrons. The van der Waals surface area contributed by atoms with Gasteiger partial charge in [-0.3, -0.25) is 0 Å². The van der Waals surface area contributed by atoms with Gasteiger partial charge in [0.25, 0.3) is 0 Å². The number of hydrogen-bond donors (Lipinski definition) is 1. The highest BCUT2D eigenvalue weighted by atomic mass is 32.1. The number of carboxylic acid groups (broad SMARTS) is 1. The summed E-state index contributed by atoms with van der Waals surface area (Å²) >= 11 is 1.57. The van der Waals surface area contributed by atoms with E-state index in [4.69, 9.17) is 9.72 Å². The van der Waals surface area contributed by atoms with E-state index < -0.39 is 17.8 Å². The van der Waals surface area contributed by atoms with E-state index in [0.717, 1.165) is 39.4 Å². The third-order valence-corrected chi connectivity index (χ3v) is 8.02. The number of hydrogen-bond acceptors (Lipinski definition) is 8. The van der Waals surface area contributed by atoms with E-state index in [0.29, 0.717) is 43.2 Å². The van der Waals surface area contributed by atoms with E-state index >= 15 is 0 Å². The van der Waals surface area contributed by atoms with Crippen LogP contribution in [0.5, 0.6) is 0 Å². The lowest BCUT2D eigenvalue weighted by Crippen LogP contribution is -2.49. The highest BCUT2D eigenvalue weighted by molar-refractivity contribution is 7.18. The van der Waals surface area contributed by atoms with Gasteiger partial charge in [0.05, 0.1) is 27.1 Å². The zero-order valence-electron chi connectivity index (χ0n) is 22.4. The highest BCUT2D eigenvalue weighted by Crippen LogP contribution is 2.41. The van der Waals surface area contributed by atoms with Gasteiger partial charge >= 0.3 is 12.2 Å². The topological polar surface area (TPSA) is 116 Å². The molecule has 1 saturated heterocycles. The van der Waals surface area contributed by atoms with Crippen molar-refractivity contribution in [2.45, 2.75) is 58.6 Å². The lowest BCUT2D eigenvalue weighted by atomic mass is 10.0. The van der Waals surface area contributed by atoms with Gasteiger partial charge < -0.3 is 19.6 Å². The standard InChI is InChI=1S/C27H31N7O4S/c1-16-29-20-8-7-17(14-21(20)39-16)33(26(37)38-27(2,3)4)24-19-10-13-32(18-6-5-12-31(15-18)25(35)36)23(19)30-22-9-11-28-34(22)24/h7-9,11,14,18H,5-6,10,12-13,15H2,1-4H3,(H,35,36)/t18-/m0/s1. The monoisotopic (exact) mass is 549 g/mol. The molecule has 0 unspecified atom stereocenters. The van der Waals surface area contributed by atoms with Crippen molar-refractivity contribution in [3.05, 3.63) is 41.0 Å². The molecule has 1 atom stereocenters. The molecule has 0 aliphatic carbocycles. The van der Waals surface area contributed by atoms with Crippen molar-refractivity contribution in [3.63, 3.8) is 0 Å². The maximum Gasteiger partial charge on any atom is 0.420 e. The molecular weight excluding hydrogens is 518 g/mol. The summed E-state index contributed by atoms with van der Waals surface area (Å²) in [7, 11) is 0. The lowest BCUT2D eigenvalue weighted by Gasteiger charge is -2.37. The average molecular weight is 550 g/mol. The second-order valence-corrected chi connectivity index (χ2v) is 12.2. The minimum atomic E-state index is -0.899. The van der Waals surface area contributed by atoms with Gasteiger partial charge in [0.2, 0.25) is 0 Å². The third kappa shape index (κ3) is 4.62. The first kappa shape index (κ1) is 25.4. The van der Waals surface area contributed by atoms with Crippen LogP contribution in [0.3, 0.4) is 0 Å². The average Bonchev–Trinajstić information content (AvgIpc) is 3.60. The van der Waals surface area contributed by atoms with Crippen LogP contribution in [0.25, 0.3) is 15.9 Å². The zero-order valence-corrected chi connectivity index (χ0v) is 23.2. The lowest BCUT2D eigenvalue weighted by molar-refractivity contribution is 0.0597. The Labute approximate surface area is 229 Å². The number of aryl methyl sites for hydroxylation is 1. The molecule has 0 bridgehead atoms. The van der Waals surface area contributed by atoms with E-state index in [-0.39, 0.29) is 6.04 Å². The summed E-state index contributed by atoms with van der Waals surface area (Å²) in [5, 5.41) is 15.1. The largest absolute Gasteiger partial charge is 0.465 e. The van der Waals surface area contributed by atoms with Gasteiger partial charge in [-0.05, 0) is 65.2 Å². The molecule has 5 heterocycles. The third-order valence-electron chi connectivity index (χ3n) is 7.09. The maximum absolute atomic E-state index is 13.9. The number of fused-ring (bicyclic) bond motifs is 3. The summed E-state index contributed by atoms with van der Waals surface area (Å²) in [4.78, 5) is 40.4. The second kappa shape index (κ2) is 9.37. The number of anilines is 3. The fraction of sp³-hybridized carbons (Fsp3) is 0.444. The van der Waals surface area contributed by atoms with Crippen LogP contribution in [0.15, 0.2) is 30.5 Å². The predicted octanol–water partition coefficient (Wildman–Crippen LogP) is 5.23. The van der Waals surface area contributed by atoms with Gasteiger partial charge in [-0.15, -0.1) is 11.3 Å². The molecule has 2 amide bonds. The minimum absolute atomic E-state index is 0.00770. The number of rotatable bonds is 3. The molecule has 2 aliphatic heterocycles. The summed E-state index contributed by atoms with van der Waals surface area (Å²) in [6, 6.07) is 7.58. The van der Waals surface area contributed by atoms with Gasteiger partial charge in [0.1, 0.15) is 11.4 Å². The number of benzene rings is 1. The van der Waals surface area contributed by atoms with Gasteiger partial charge in [0, 0.05) is 37.3 Å². The molecule has 4 aromatic rings. The number of thiazole rings is 1. The van der Waals surface area contributed by atoms with Crippen molar-refractivity contribution in [1.29, 1.82) is 0 Å². The van der Waals surface area contributed by atoms with Gasteiger partial charge in [-0.25, -0.2) is 24.5 Å². The molecule has 6 rings (SSSR count). The van der Waals surface area contributed by atoms with E-state index in [2.05, 4.69) is 15.0 Å². The van der Waals surface area contributed by atoms with Crippen molar-refractivity contribution in [3.8, 4) is 0 Å². The van der Waals surface area contributed by atoms with Crippen LogP contribution in [0.4, 0.5) is 26.9 Å². The zero-order chi connectivity index (χ0) is 27.5. The van der Waals surface area contributed by atoms with Crippen molar-refractivity contribution >= 4 is 56.7 Å². The summed E-state index contributed by atoms with van der Waals surface area (Å²) in [6.45, 7) is 9.14. The first-order chi connectivity index (χ1) is 18.6. The SMILES string of the molecule is Cc1nc2ccc(N(C(=O)OC(C)(C)C)c3c4c(nc5ccnn35)N([C@H]3CCCN(C(=O)O)C3)CC4)cc2s1. The molecule has 12 heteroatoms. The highest BCUT2D eigenvalue weighted by Gasteiger charge is 2.38. The quantitative estimate of drug-likeness (QED) is 0.370. The van der Waals surface area contributed by atoms with Gasteiger partial charge in [-0.1, -0.05) is 0 Å². The minimum Gasteiger partial charge on any atom is -0.465 e. The van der Waals surface area contributed by atoms with E-state index in [1.54, 1.807) is 26.9 Å². The molecule has 3 aromatic heterocycles. The predicted molar refractivity (Wildman–Crippen MR) is 149 cm³/mol. The Balaban J connectivity index is 1.51. The molecule has 0 saturated carbocycles. The van der Waals surface area contributed by atoms with Gasteiger partial charge in [0.15, 0.2) is 11.5 Å². The summed E-state index contributed by atoms with van der Waals surface area (Å²) < 4.78 is 8.59. The Kier molecular flexibility index (Phi) is 6.09. The number of aromatic nitrogens is 4. The number of amides is 2. The normalized spacial score (nSPS) is 17.6. The number of likely N-dealkylation sites (tertiary alicyclic amines) is 1. The van der Waals surface area contributed by atoms with Crippen molar-refractivity contribution in [1.82, 2.24) is 24.5 Å². The van der Waals surface area contributed by atoms with Crippen molar-refractivity contribution < 1.29 is 19.4 Å². The molecule has 0 radical (unpaired) electrons. The summed E-state index contributed by atoms with van der Waals surface area (Å²) in [5.74, 6) is 1.35. The van der Waals surface area contributed by atoms with Gasteiger partial charge in [-0.2, -0.15) is 9.61 Å². The van der Waals surface area contributed by atoms with Crippen LogP contribution >= 0.6 is 11.3 Å².